The van der Waals surface area contributed by atoms with Gasteiger partial charge in [-0.15, -0.1) is 0 Å². The third-order valence-electron chi connectivity index (χ3n) is 2.49. The topological polar surface area (TPSA) is 94.9 Å². The van der Waals surface area contributed by atoms with E-state index in [1.54, 1.807) is 20.8 Å². The molecule has 0 aliphatic carbocycles. The van der Waals surface area contributed by atoms with Gasteiger partial charge in [-0.1, -0.05) is 20.8 Å². The quantitative estimate of drug-likeness (QED) is 0.742. The molecule has 6 nitrogen and oxygen atoms in total. The van der Waals surface area contributed by atoms with Crippen LogP contribution in [0.1, 0.15) is 27.2 Å². The van der Waals surface area contributed by atoms with Crippen molar-refractivity contribution >= 4 is 16.0 Å². The second-order valence-electron chi connectivity index (χ2n) is 5.63. The minimum atomic E-state index is -3.65. The van der Waals surface area contributed by atoms with E-state index in [4.69, 9.17) is 5.11 Å². The Kier molecular flexibility index (Phi) is 3.85. The lowest BCUT2D eigenvalue weighted by molar-refractivity contribution is -0.140. The van der Waals surface area contributed by atoms with Gasteiger partial charge in [0.2, 0.25) is 10.0 Å². The minimum Gasteiger partial charge on any atom is -0.480 e. The summed E-state index contributed by atoms with van der Waals surface area (Å²) in [6.45, 7) is 5.18. The van der Waals surface area contributed by atoms with Crippen molar-refractivity contribution in [3.8, 4) is 0 Å². The van der Waals surface area contributed by atoms with Crippen LogP contribution in [0.15, 0.2) is 0 Å². The molecule has 2 atom stereocenters. The van der Waals surface area contributed by atoms with E-state index in [0.717, 1.165) is 4.31 Å². The molecular weight excluding hydrogens is 246 g/mol. The Bertz CT molecular complexity index is 397. The van der Waals surface area contributed by atoms with Gasteiger partial charge in [-0.25, -0.2) is 8.42 Å². The van der Waals surface area contributed by atoms with Gasteiger partial charge in [0, 0.05) is 13.0 Å². The third-order valence-corrected chi connectivity index (χ3v) is 4.84. The van der Waals surface area contributed by atoms with Crippen LogP contribution in [0.25, 0.3) is 0 Å². The van der Waals surface area contributed by atoms with Crippen molar-refractivity contribution in [2.24, 2.45) is 5.41 Å². The summed E-state index contributed by atoms with van der Waals surface area (Å²) >= 11 is 0. The van der Waals surface area contributed by atoms with Crippen LogP contribution >= 0.6 is 0 Å². The first-order valence-electron chi connectivity index (χ1n) is 5.43. The molecule has 100 valence electrons. The molecule has 0 aromatic heterocycles. The average molecular weight is 265 g/mol. The first kappa shape index (κ1) is 14.4. The van der Waals surface area contributed by atoms with Gasteiger partial charge in [-0.3, -0.25) is 4.79 Å². The highest BCUT2D eigenvalue weighted by molar-refractivity contribution is 7.89. The van der Waals surface area contributed by atoms with Gasteiger partial charge in [-0.2, -0.15) is 4.31 Å². The lowest BCUT2D eigenvalue weighted by Crippen LogP contribution is -2.43. The number of hydrogen-bond donors (Lipinski definition) is 2. The van der Waals surface area contributed by atoms with E-state index in [-0.39, 0.29) is 18.7 Å². The molecule has 0 spiro atoms. The maximum atomic E-state index is 12.1. The first-order chi connectivity index (χ1) is 7.53. The zero-order valence-electron chi connectivity index (χ0n) is 10.3. The van der Waals surface area contributed by atoms with Gasteiger partial charge in [0.25, 0.3) is 0 Å². The fraction of sp³-hybridized carbons (Fsp3) is 0.900. The molecule has 0 radical (unpaired) electrons. The number of aliphatic hydroxyl groups is 1. The highest BCUT2D eigenvalue weighted by Gasteiger charge is 2.43. The molecule has 0 saturated carbocycles. The molecule has 0 aromatic rings. The van der Waals surface area contributed by atoms with E-state index in [0.29, 0.717) is 0 Å². The molecule has 0 bridgehead atoms. The predicted molar refractivity (Wildman–Crippen MR) is 62.0 cm³/mol. The maximum Gasteiger partial charge on any atom is 0.322 e. The van der Waals surface area contributed by atoms with Crippen LogP contribution in [0.5, 0.6) is 0 Å². The predicted octanol–water partition coefficient (Wildman–Crippen LogP) is -0.118. The summed E-state index contributed by atoms with van der Waals surface area (Å²) in [4.78, 5) is 11.0. The molecule has 17 heavy (non-hydrogen) atoms. The molecule has 7 heteroatoms. The zero-order valence-corrected chi connectivity index (χ0v) is 11.1. The van der Waals surface area contributed by atoms with Crippen LogP contribution in [-0.4, -0.2) is 53.3 Å². The normalized spacial score (nSPS) is 27.3. The number of carbonyl (C=O) groups is 1. The largest absolute Gasteiger partial charge is 0.480 e. The SMILES string of the molecule is CC(C)(C)CS(=O)(=O)N1C[C@H](O)C[C@@H]1C(=O)O. The molecule has 1 aliphatic heterocycles. The van der Waals surface area contributed by atoms with Crippen molar-refractivity contribution in [1.82, 2.24) is 4.31 Å². The second-order valence-corrected chi connectivity index (χ2v) is 7.55. The Labute approximate surface area is 101 Å². The number of aliphatic hydroxyl groups excluding tert-OH is 1. The van der Waals surface area contributed by atoms with Crippen LogP contribution in [0.2, 0.25) is 0 Å². The van der Waals surface area contributed by atoms with E-state index in [9.17, 15) is 18.3 Å². The molecule has 0 unspecified atom stereocenters. The van der Waals surface area contributed by atoms with Gasteiger partial charge >= 0.3 is 5.97 Å². The van der Waals surface area contributed by atoms with Gasteiger partial charge in [-0.05, 0) is 5.41 Å². The Hall–Kier alpha value is -0.660. The molecule has 1 heterocycles. The van der Waals surface area contributed by atoms with E-state index >= 15 is 0 Å². The van der Waals surface area contributed by atoms with Crippen molar-refractivity contribution in [1.29, 1.82) is 0 Å². The molecule has 0 aromatic carbocycles. The fourth-order valence-corrected chi connectivity index (χ4v) is 4.17. The maximum absolute atomic E-state index is 12.1. The highest BCUT2D eigenvalue weighted by atomic mass is 32.2. The number of nitrogens with zero attached hydrogens (tertiary/aromatic N) is 1. The molecule has 1 aliphatic rings. The number of carboxylic acids is 1. The summed E-state index contributed by atoms with van der Waals surface area (Å²) in [7, 11) is -3.65. The van der Waals surface area contributed by atoms with Crippen molar-refractivity contribution in [2.45, 2.75) is 39.3 Å². The number of β-amino-alcohol motifs (C(OH)–C–C–N with tert-alkyl or cyclic N) is 1. The lowest BCUT2D eigenvalue weighted by Gasteiger charge is -2.25. The highest BCUT2D eigenvalue weighted by Crippen LogP contribution is 2.26. The van der Waals surface area contributed by atoms with Crippen LogP contribution < -0.4 is 0 Å². The Morgan fingerprint density at radius 2 is 1.94 bits per heavy atom. The summed E-state index contributed by atoms with van der Waals surface area (Å²) < 4.78 is 25.0. The average Bonchev–Trinajstić information content (AvgIpc) is 2.43. The third kappa shape index (κ3) is 3.65. The minimum absolute atomic E-state index is 0.0430. The first-order valence-corrected chi connectivity index (χ1v) is 7.04. The Morgan fingerprint density at radius 1 is 1.41 bits per heavy atom. The number of sulfonamides is 1. The van der Waals surface area contributed by atoms with Crippen molar-refractivity contribution in [2.75, 3.05) is 12.3 Å². The Balaban J connectivity index is 2.94. The van der Waals surface area contributed by atoms with Crippen LogP contribution in [0.3, 0.4) is 0 Å². The van der Waals surface area contributed by atoms with Crippen LogP contribution in [-0.2, 0) is 14.8 Å². The van der Waals surface area contributed by atoms with E-state index < -0.39 is 33.6 Å². The van der Waals surface area contributed by atoms with Gasteiger partial charge in [0.15, 0.2) is 0 Å². The smallest absolute Gasteiger partial charge is 0.322 e. The van der Waals surface area contributed by atoms with E-state index in [1.165, 1.54) is 0 Å². The molecule has 1 fully saturated rings. The summed E-state index contributed by atoms with van der Waals surface area (Å²) in [5, 5.41) is 18.4. The van der Waals surface area contributed by atoms with Crippen LogP contribution in [0, 0.1) is 5.41 Å². The zero-order chi connectivity index (χ0) is 13.4. The van der Waals surface area contributed by atoms with Crippen molar-refractivity contribution in [3.05, 3.63) is 0 Å². The summed E-state index contributed by atoms with van der Waals surface area (Å²) in [6, 6.07) is -1.14. The number of hydrogen-bond acceptors (Lipinski definition) is 4. The van der Waals surface area contributed by atoms with Crippen LogP contribution in [0.4, 0.5) is 0 Å². The summed E-state index contributed by atoms with van der Waals surface area (Å²) in [6.07, 6.45) is -0.940. The van der Waals surface area contributed by atoms with E-state index in [2.05, 4.69) is 0 Å². The lowest BCUT2D eigenvalue weighted by atomic mass is 10.0. The summed E-state index contributed by atoms with van der Waals surface area (Å²) in [5.41, 5.74) is -0.449. The van der Waals surface area contributed by atoms with E-state index in [1.807, 2.05) is 0 Å². The van der Waals surface area contributed by atoms with Gasteiger partial charge in [0.1, 0.15) is 6.04 Å². The molecular formula is C10H19NO5S. The van der Waals surface area contributed by atoms with Gasteiger partial charge < -0.3 is 10.2 Å². The number of rotatable bonds is 3. The molecule has 1 saturated heterocycles. The van der Waals surface area contributed by atoms with Crippen molar-refractivity contribution < 1.29 is 23.4 Å². The number of aliphatic carboxylic acids is 1. The summed E-state index contributed by atoms with van der Waals surface area (Å²) in [5.74, 6) is -1.34. The van der Waals surface area contributed by atoms with Gasteiger partial charge in [0.05, 0.1) is 11.9 Å². The molecule has 0 amide bonds. The fourth-order valence-electron chi connectivity index (χ4n) is 1.95. The molecule has 2 N–H and O–H groups in total. The molecule has 1 rings (SSSR count). The monoisotopic (exact) mass is 265 g/mol. The Morgan fingerprint density at radius 3 is 2.35 bits per heavy atom. The number of carboxylic acid groups (broad SMARTS) is 1. The van der Waals surface area contributed by atoms with Crippen molar-refractivity contribution in [3.63, 3.8) is 0 Å². The second kappa shape index (κ2) is 4.55. The standard InChI is InChI=1S/C10H19NO5S/c1-10(2,3)6-17(15,16)11-5-7(12)4-8(11)9(13)14/h7-8,12H,4-6H2,1-3H3,(H,13,14)/t7-,8-/m1/s1.